The van der Waals surface area contributed by atoms with Gasteiger partial charge >= 0.3 is 0 Å². The smallest absolute Gasteiger partial charge is 0.251 e. The van der Waals surface area contributed by atoms with Gasteiger partial charge in [0, 0.05) is 18.2 Å². The minimum absolute atomic E-state index is 0.106. The van der Waals surface area contributed by atoms with E-state index in [9.17, 15) is 9.90 Å². The molecular formula is C14H20N2O2. The molecule has 4 nitrogen and oxygen atoms in total. The highest BCUT2D eigenvalue weighted by Gasteiger charge is 2.19. The molecule has 0 radical (unpaired) electrons. The van der Waals surface area contributed by atoms with Crippen LogP contribution in [0.25, 0.3) is 0 Å². The highest BCUT2D eigenvalue weighted by atomic mass is 16.3. The first-order valence-electron chi connectivity index (χ1n) is 6.35. The summed E-state index contributed by atoms with van der Waals surface area (Å²) in [7, 11) is 2.07. The van der Waals surface area contributed by atoms with Crippen LogP contribution < -0.4 is 5.32 Å². The number of hydrogen-bond acceptors (Lipinski definition) is 3. The first-order chi connectivity index (χ1) is 8.56. The van der Waals surface area contributed by atoms with E-state index in [1.165, 1.54) is 6.07 Å². The quantitative estimate of drug-likeness (QED) is 0.834. The maximum atomic E-state index is 12.0. The van der Waals surface area contributed by atoms with Crippen molar-refractivity contribution in [2.45, 2.75) is 25.8 Å². The summed E-state index contributed by atoms with van der Waals surface area (Å²) in [5.41, 5.74) is 1.30. The fourth-order valence-corrected chi connectivity index (χ4v) is 2.30. The highest BCUT2D eigenvalue weighted by molar-refractivity contribution is 5.94. The number of likely N-dealkylation sites (tertiary alicyclic amines) is 1. The van der Waals surface area contributed by atoms with E-state index in [-0.39, 0.29) is 17.7 Å². The van der Waals surface area contributed by atoms with Crippen molar-refractivity contribution in [1.29, 1.82) is 0 Å². The molecule has 1 atom stereocenters. The van der Waals surface area contributed by atoms with Gasteiger partial charge in [0.2, 0.25) is 0 Å². The Hall–Kier alpha value is -1.55. The van der Waals surface area contributed by atoms with E-state index in [0.29, 0.717) is 5.56 Å². The molecule has 98 valence electrons. The zero-order valence-electron chi connectivity index (χ0n) is 10.9. The number of carbonyl (C=O) groups is 1. The van der Waals surface area contributed by atoms with Crippen molar-refractivity contribution in [3.8, 4) is 5.75 Å². The van der Waals surface area contributed by atoms with Crippen molar-refractivity contribution >= 4 is 5.91 Å². The average Bonchev–Trinajstić information content (AvgIpc) is 2.32. The fraction of sp³-hybridized carbons (Fsp3) is 0.500. The fourth-order valence-electron chi connectivity index (χ4n) is 2.30. The minimum Gasteiger partial charge on any atom is -0.508 e. The predicted molar refractivity (Wildman–Crippen MR) is 70.8 cm³/mol. The first-order valence-corrected chi connectivity index (χ1v) is 6.35. The molecule has 1 aliphatic heterocycles. The third-order valence-corrected chi connectivity index (χ3v) is 3.43. The van der Waals surface area contributed by atoms with Crippen molar-refractivity contribution in [3.63, 3.8) is 0 Å². The number of carbonyl (C=O) groups excluding carboxylic acids is 1. The van der Waals surface area contributed by atoms with E-state index >= 15 is 0 Å². The Balaban J connectivity index is 2.00. The van der Waals surface area contributed by atoms with Gasteiger partial charge in [-0.1, -0.05) is 6.07 Å². The van der Waals surface area contributed by atoms with E-state index in [0.717, 1.165) is 31.5 Å². The van der Waals surface area contributed by atoms with Crippen LogP contribution in [0.4, 0.5) is 0 Å². The molecule has 2 rings (SSSR count). The zero-order valence-corrected chi connectivity index (χ0v) is 10.9. The number of benzene rings is 1. The molecule has 1 saturated heterocycles. The topological polar surface area (TPSA) is 52.6 Å². The van der Waals surface area contributed by atoms with E-state index in [1.54, 1.807) is 12.1 Å². The van der Waals surface area contributed by atoms with Gasteiger partial charge in [-0.3, -0.25) is 4.79 Å². The molecule has 0 aliphatic carbocycles. The highest BCUT2D eigenvalue weighted by Crippen LogP contribution is 2.17. The van der Waals surface area contributed by atoms with Gasteiger partial charge in [-0.05, 0) is 51.1 Å². The maximum Gasteiger partial charge on any atom is 0.251 e. The lowest BCUT2D eigenvalue weighted by Gasteiger charge is -2.30. The van der Waals surface area contributed by atoms with Gasteiger partial charge < -0.3 is 15.3 Å². The molecule has 1 amide bonds. The minimum atomic E-state index is -0.106. The number of aryl methyl sites for hydroxylation is 1. The van der Waals surface area contributed by atoms with Crippen LogP contribution in [0.3, 0.4) is 0 Å². The lowest BCUT2D eigenvalue weighted by molar-refractivity contribution is 0.0912. The molecule has 18 heavy (non-hydrogen) atoms. The number of piperidine rings is 1. The number of phenols is 1. The molecule has 0 saturated carbocycles. The summed E-state index contributed by atoms with van der Waals surface area (Å²) >= 11 is 0. The van der Waals surface area contributed by atoms with Crippen LogP contribution in [0, 0.1) is 6.92 Å². The first kappa shape index (κ1) is 12.9. The lowest BCUT2D eigenvalue weighted by atomic mass is 10.1. The van der Waals surface area contributed by atoms with Gasteiger partial charge in [0.1, 0.15) is 5.75 Å². The van der Waals surface area contributed by atoms with Crippen molar-refractivity contribution < 1.29 is 9.90 Å². The third kappa shape index (κ3) is 3.01. The Morgan fingerprint density at radius 2 is 2.28 bits per heavy atom. The summed E-state index contributed by atoms with van der Waals surface area (Å²) in [6.07, 6.45) is 2.13. The average molecular weight is 248 g/mol. The van der Waals surface area contributed by atoms with Crippen molar-refractivity contribution in [3.05, 3.63) is 29.3 Å². The monoisotopic (exact) mass is 248 g/mol. The number of phenolic OH excluding ortho intramolecular Hbond substituents is 1. The molecule has 4 heteroatoms. The summed E-state index contributed by atoms with van der Waals surface area (Å²) in [6.45, 7) is 3.80. The second kappa shape index (κ2) is 5.40. The van der Waals surface area contributed by atoms with Crippen LogP contribution in [0.5, 0.6) is 5.75 Å². The van der Waals surface area contributed by atoms with Gasteiger partial charge in [0.15, 0.2) is 0 Å². The number of amides is 1. The van der Waals surface area contributed by atoms with Gasteiger partial charge in [0.05, 0.1) is 0 Å². The van der Waals surface area contributed by atoms with Gasteiger partial charge in [-0.15, -0.1) is 0 Å². The third-order valence-electron chi connectivity index (χ3n) is 3.43. The summed E-state index contributed by atoms with van der Waals surface area (Å²) in [6, 6.07) is 5.24. The Morgan fingerprint density at radius 3 is 2.94 bits per heavy atom. The molecule has 1 heterocycles. The SMILES string of the molecule is Cc1ccc(C(=O)NC2CCCN(C)C2)cc1O. The normalized spacial score (nSPS) is 20.7. The Labute approximate surface area is 108 Å². The van der Waals surface area contributed by atoms with Crippen molar-refractivity contribution in [1.82, 2.24) is 10.2 Å². The second-order valence-electron chi connectivity index (χ2n) is 5.08. The van der Waals surface area contributed by atoms with E-state index in [1.807, 2.05) is 6.92 Å². The Morgan fingerprint density at radius 1 is 1.50 bits per heavy atom. The molecule has 1 aliphatic rings. The van der Waals surface area contributed by atoms with Crippen LogP contribution >= 0.6 is 0 Å². The molecule has 1 aromatic carbocycles. The number of aromatic hydroxyl groups is 1. The molecule has 0 bridgehead atoms. The number of likely N-dealkylation sites (N-methyl/N-ethyl adjacent to an activating group) is 1. The molecule has 0 aromatic heterocycles. The largest absolute Gasteiger partial charge is 0.508 e. The number of nitrogens with zero attached hydrogens (tertiary/aromatic N) is 1. The van der Waals surface area contributed by atoms with Crippen molar-refractivity contribution in [2.24, 2.45) is 0 Å². The number of rotatable bonds is 2. The number of nitrogens with one attached hydrogen (secondary N) is 1. The van der Waals surface area contributed by atoms with E-state index in [4.69, 9.17) is 0 Å². The zero-order chi connectivity index (χ0) is 13.1. The molecule has 1 aromatic rings. The molecule has 0 spiro atoms. The summed E-state index contributed by atoms with van der Waals surface area (Å²) in [4.78, 5) is 14.3. The maximum absolute atomic E-state index is 12.0. The van der Waals surface area contributed by atoms with Crippen molar-refractivity contribution in [2.75, 3.05) is 20.1 Å². The van der Waals surface area contributed by atoms with Crippen LogP contribution in [-0.4, -0.2) is 42.1 Å². The molecule has 2 N–H and O–H groups in total. The summed E-state index contributed by atoms with van der Waals surface area (Å²) in [5.74, 6) is 0.0639. The van der Waals surface area contributed by atoms with E-state index < -0.39 is 0 Å². The predicted octanol–water partition coefficient (Wildman–Crippen LogP) is 1.52. The van der Waals surface area contributed by atoms with Crippen LogP contribution in [0.1, 0.15) is 28.8 Å². The van der Waals surface area contributed by atoms with Gasteiger partial charge in [-0.2, -0.15) is 0 Å². The molecule has 1 fully saturated rings. The standard InChI is InChI=1S/C14H20N2O2/c1-10-5-6-11(8-13(10)17)14(18)15-12-4-3-7-16(2)9-12/h5-6,8,12,17H,3-4,7,9H2,1-2H3,(H,15,18). The van der Waals surface area contributed by atoms with Crippen LogP contribution in [-0.2, 0) is 0 Å². The van der Waals surface area contributed by atoms with Crippen LogP contribution in [0.2, 0.25) is 0 Å². The second-order valence-corrected chi connectivity index (χ2v) is 5.08. The summed E-state index contributed by atoms with van der Waals surface area (Å²) in [5, 5.41) is 12.6. The Bertz CT molecular complexity index is 445. The van der Waals surface area contributed by atoms with Gasteiger partial charge in [-0.25, -0.2) is 0 Å². The molecular weight excluding hydrogens is 228 g/mol. The Kier molecular flexibility index (Phi) is 3.87. The molecule has 1 unspecified atom stereocenters. The number of hydrogen-bond donors (Lipinski definition) is 2. The summed E-state index contributed by atoms with van der Waals surface area (Å²) < 4.78 is 0. The lowest BCUT2D eigenvalue weighted by Crippen LogP contribution is -2.46. The van der Waals surface area contributed by atoms with Gasteiger partial charge in [0.25, 0.3) is 5.91 Å². The van der Waals surface area contributed by atoms with E-state index in [2.05, 4.69) is 17.3 Å². The van der Waals surface area contributed by atoms with Crippen LogP contribution in [0.15, 0.2) is 18.2 Å².